The maximum atomic E-state index is 12.9. The van der Waals surface area contributed by atoms with Crippen LogP contribution in [0.25, 0.3) is 0 Å². The van der Waals surface area contributed by atoms with Crippen LogP contribution in [0.15, 0.2) is 47.4 Å². The van der Waals surface area contributed by atoms with E-state index in [9.17, 15) is 13.2 Å². The molecule has 1 saturated heterocycles. The molecule has 1 heterocycles. The summed E-state index contributed by atoms with van der Waals surface area (Å²) in [5.74, 6) is 0.291. The molecule has 0 aliphatic carbocycles. The Morgan fingerprint density at radius 3 is 2.66 bits per heavy atom. The Balaban J connectivity index is 1.67. The zero-order valence-electron chi connectivity index (χ0n) is 18.3. The minimum atomic E-state index is -3.99. The number of hydrogen-bond acceptors (Lipinski definition) is 5. The molecule has 2 atom stereocenters. The van der Waals surface area contributed by atoms with Crippen LogP contribution >= 0.6 is 11.6 Å². The van der Waals surface area contributed by atoms with Crippen molar-refractivity contribution >= 4 is 33.2 Å². The van der Waals surface area contributed by atoms with Gasteiger partial charge in [0.15, 0.2) is 0 Å². The van der Waals surface area contributed by atoms with Crippen LogP contribution in [0.5, 0.6) is 5.75 Å². The molecule has 1 aliphatic heterocycles. The molecule has 1 aliphatic rings. The molecule has 9 heteroatoms. The Morgan fingerprint density at radius 2 is 2.00 bits per heavy atom. The largest absolute Gasteiger partial charge is 0.494 e. The Bertz CT molecular complexity index is 1020. The third-order valence-electron chi connectivity index (χ3n) is 5.22. The zero-order valence-corrected chi connectivity index (χ0v) is 19.8. The third-order valence-corrected chi connectivity index (χ3v) is 7.09. The minimum absolute atomic E-state index is 0.0337. The molecule has 174 valence electrons. The van der Waals surface area contributed by atoms with Gasteiger partial charge in [0.25, 0.3) is 15.9 Å². The van der Waals surface area contributed by atoms with Crippen molar-refractivity contribution in [1.82, 2.24) is 5.32 Å². The molecule has 0 saturated carbocycles. The first-order chi connectivity index (χ1) is 15.3. The molecule has 1 amide bonds. The Kier molecular flexibility index (Phi) is 8.39. The summed E-state index contributed by atoms with van der Waals surface area (Å²) in [4.78, 5) is 12.5. The highest BCUT2D eigenvalue weighted by molar-refractivity contribution is 7.92. The van der Waals surface area contributed by atoms with E-state index < -0.39 is 10.0 Å². The first-order valence-corrected chi connectivity index (χ1v) is 12.6. The summed E-state index contributed by atoms with van der Waals surface area (Å²) in [6, 6.07) is 10.7. The fourth-order valence-corrected chi connectivity index (χ4v) is 5.12. The van der Waals surface area contributed by atoms with E-state index in [2.05, 4.69) is 10.0 Å². The molecule has 0 bridgehead atoms. The van der Waals surface area contributed by atoms with Crippen molar-refractivity contribution in [3.05, 3.63) is 53.1 Å². The van der Waals surface area contributed by atoms with Gasteiger partial charge in [-0.1, -0.05) is 11.6 Å². The topological polar surface area (TPSA) is 93.7 Å². The molecule has 1 fully saturated rings. The SMILES string of the molecule is CCOc1ccc(NS(=O)(=O)c2cc(C(=O)NC(C)CCC3CCCO3)ccc2Cl)cc1. The normalized spacial score (nSPS) is 17.0. The summed E-state index contributed by atoms with van der Waals surface area (Å²) < 4.78 is 39.3. The summed E-state index contributed by atoms with van der Waals surface area (Å²) >= 11 is 6.16. The smallest absolute Gasteiger partial charge is 0.263 e. The van der Waals surface area contributed by atoms with Crippen LogP contribution in [0.4, 0.5) is 5.69 Å². The molecular formula is C23H29ClN2O5S. The number of carbonyl (C=O) groups excluding carboxylic acids is 1. The van der Waals surface area contributed by atoms with Gasteiger partial charge in [0.05, 0.1) is 17.7 Å². The van der Waals surface area contributed by atoms with E-state index in [-0.39, 0.29) is 33.5 Å². The van der Waals surface area contributed by atoms with Crippen molar-refractivity contribution < 1.29 is 22.7 Å². The Morgan fingerprint density at radius 1 is 1.25 bits per heavy atom. The first-order valence-electron chi connectivity index (χ1n) is 10.8. The fraction of sp³-hybridized carbons (Fsp3) is 0.435. The average molecular weight is 481 g/mol. The maximum absolute atomic E-state index is 12.9. The highest BCUT2D eigenvalue weighted by atomic mass is 35.5. The molecule has 2 N–H and O–H groups in total. The third kappa shape index (κ3) is 6.60. The van der Waals surface area contributed by atoms with E-state index in [1.54, 1.807) is 24.3 Å². The van der Waals surface area contributed by atoms with Crippen LogP contribution in [-0.2, 0) is 14.8 Å². The summed E-state index contributed by atoms with van der Waals surface area (Å²) in [6.45, 7) is 5.11. The molecule has 7 nitrogen and oxygen atoms in total. The minimum Gasteiger partial charge on any atom is -0.494 e. The van der Waals surface area contributed by atoms with Gasteiger partial charge in [0, 0.05) is 23.9 Å². The van der Waals surface area contributed by atoms with Gasteiger partial charge in [0.1, 0.15) is 10.6 Å². The standard InChI is InChI=1S/C23H29ClN2O5S/c1-3-30-20-11-8-18(9-12-20)26-32(28,29)22-15-17(7-13-21(22)24)23(27)25-16(2)6-10-19-5-4-14-31-19/h7-9,11-13,15-16,19,26H,3-6,10,14H2,1-2H3,(H,25,27). The predicted octanol–water partition coefficient (Wildman–Crippen LogP) is 4.62. The number of ether oxygens (including phenoxy) is 2. The second-order valence-electron chi connectivity index (χ2n) is 7.79. The lowest BCUT2D eigenvalue weighted by Gasteiger charge is -2.17. The molecule has 0 spiro atoms. The van der Waals surface area contributed by atoms with Gasteiger partial charge in [-0.05, 0) is 82.0 Å². The lowest BCUT2D eigenvalue weighted by Crippen LogP contribution is -2.33. The summed E-state index contributed by atoms with van der Waals surface area (Å²) in [7, 11) is -3.99. The van der Waals surface area contributed by atoms with Crippen LogP contribution in [0.2, 0.25) is 5.02 Å². The number of rotatable bonds is 10. The van der Waals surface area contributed by atoms with Crippen molar-refractivity contribution in [3.8, 4) is 5.75 Å². The number of nitrogens with one attached hydrogen (secondary N) is 2. The van der Waals surface area contributed by atoms with E-state index in [0.29, 0.717) is 18.0 Å². The van der Waals surface area contributed by atoms with E-state index >= 15 is 0 Å². The lowest BCUT2D eigenvalue weighted by atomic mass is 10.1. The van der Waals surface area contributed by atoms with Crippen LogP contribution < -0.4 is 14.8 Å². The monoisotopic (exact) mass is 480 g/mol. The van der Waals surface area contributed by atoms with Gasteiger partial charge in [-0.3, -0.25) is 9.52 Å². The molecule has 0 aromatic heterocycles. The predicted molar refractivity (Wildman–Crippen MR) is 125 cm³/mol. The van der Waals surface area contributed by atoms with Gasteiger partial charge in [-0.25, -0.2) is 8.42 Å². The van der Waals surface area contributed by atoms with Crippen LogP contribution in [0, 0.1) is 0 Å². The lowest BCUT2D eigenvalue weighted by molar-refractivity contribution is 0.0899. The molecule has 2 aromatic rings. The molecule has 32 heavy (non-hydrogen) atoms. The number of amides is 1. The van der Waals surface area contributed by atoms with E-state index in [0.717, 1.165) is 32.3 Å². The second kappa shape index (κ2) is 11.0. The van der Waals surface area contributed by atoms with Crippen LogP contribution in [-0.4, -0.2) is 39.7 Å². The second-order valence-corrected chi connectivity index (χ2v) is 9.85. The van der Waals surface area contributed by atoms with Gasteiger partial charge >= 0.3 is 0 Å². The van der Waals surface area contributed by atoms with E-state index in [1.807, 2.05) is 13.8 Å². The highest BCUT2D eigenvalue weighted by Gasteiger charge is 2.22. The van der Waals surface area contributed by atoms with Crippen molar-refractivity contribution in [1.29, 1.82) is 0 Å². The Labute approximate surface area is 194 Å². The zero-order chi connectivity index (χ0) is 23.1. The summed E-state index contributed by atoms with van der Waals surface area (Å²) in [6.07, 6.45) is 4.07. The average Bonchev–Trinajstić information content (AvgIpc) is 3.27. The van der Waals surface area contributed by atoms with E-state index in [4.69, 9.17) is 21.1 Å². The van der Waals surface area contributed by atoms with Crippen molar-refractivity contribution in [3.63, 3.8) is 0 Å². The number of benzene rings is 2. The summed E-state index contributed by atoms with van der Waals surface area (Å²) in [5, 5.41) is 2.95. The summed E-state index contributed by atoms with van der Waals surface area (Å²) in [5.41, 5.74) is 0.590. The van der Waals surface area contributed by atoms with Gasteiger partial charge in [-0.2, -0.15) is 0 Å². The first kappa shape index (κ1) is 24.4. The van der Waals surface area contributed by atoms with E-state index in [1.165, 1.54) is 18.2 Å². The number of halogens is 1. The van der Waals surface area contributed by atoms with Crippen LogP contribution in [0.3, 0.4) is 0 Å². The number of carbonyl (C=O) groups is 1. The highest BCUT2D eigenvalue weighted by Crippen LogP contribution is 2.26. The van der Waals surface area contributed by atoms with Crippen molar-refractivity contribution in [2.24, 2.45) is 0 Å². The fourth-order valence-electron chi connectivity index (χ4n) is 3.53. The van der Waals surface area contributed by atoms with Crippen molar-refractivity contribution in [2.45, 2.75) is 56.6 Å². The van der Waals surface area contributed by atoms with Crippen molar-refractivity contribution in [2.75, 3.05) is 17.9 Å². The number of hydrogen-bond donors (Lipinski definition) is 2. The molecule has 2 unspecified atom stereocenters. The quantitative estimate of drug-likeness (QED) is 0.517. The van der Waals surface area contributed by atoms with Gasteiger partial charge < -0.3 is 14.8 Å². The van der Waals surface area contributed by atoms with Crippen LogP contribution in [0.1, 0.15) is 49.9 Å². The Hall–Kier alpha value is -2.29. The molecular weight excluding hydrogens is 452 g/mol. The maximum Gasteiger partial charge on any atom is 0.263 e. The molecule has 3 rings (SSSR count). The van der Waals surface area contributed by atoms with Gasteiger partial charge in [0.2, 0.25) is 0 Å². The number of anilines is 1. The molecule has 2 aromatic carbocycles. The molecule has 0 radical (unpaired) electrons. The van der Waals surface area contributed by atoms with Gasteiger partial charge in [-0.15, -0.1) is 0 Å². The number of sulfonamides is 1.